The highest BCUT2D eigenvalue weighted by Gasteiger charge is 2.60. The molecule has 0 aliphatic carbocycles. The number of carbonyl (C=O) groups is 2. The first-order valence-corrected chi connectivity index (χ1v) is 10.2. The van der Waals surface area contributed by atoms with Crippen LogP contribution in [0.3, 0.4) is 0 Å². The van der Waals surface area contributed by atoms with Gasteiger partial charge in [-0.25, -0.2) is 0 Å². The number of nitrogens with zero attached hydrogens (tertiary/aromatic N) is 1. The van der Waals surface area contributed by atoms with Crippen LogP contribution in [0.1, 0.15) is 57.5 Å². The Morgan fingerprint density at radius 1 is 1.22 bits per heavy atom. The summed E-state index contributed by atoms with van der Waals surface area (Å²) in [6, 6.07) is 3.34. The molecule has 0 spiro atoms. The van der Waals surface area contributed by atoms with Crippen LogP contribution in [0.2, 0.25) is 0 Å². The van der Waals surface area contributed by atoms with E-state index in [0.29, 0.717) is 17.7 Å². The predicted molar refractivity (Wildman–Crippen MR) is 116 cm³/mol. The Balaban J connectivity index is 2.45. The zero-order valence-corrected chi connectivity index (χ0v) is 19.7. The fraction of sp³-hybridized carbons (Fsp3) is 0.619. The molecule has 1 N–H and O–H groups in total. The molecule has 0 saturated carbocycles. The van der Waals surface area contributed by atoms with Gasteiger partial charge in [-0.2, -0.15) is 0 Å². The maximum Gasteiger partial charge on any atom is 0.241 e. The van der Waals surface area contributed by atoms with Crippen LogP contribution in [0.15, 0.2) is 12.1 Å². The number of ether oxygens (including phenoxy) is 1. The molecule has 1 fully saturated rings. The number of methoxy groups -OCH3 is 1. The van der Waals surface area contributed by atoms with Gasteiger partial charge in [0.2, 0.25) is 5.91 Å². The minimum Gasteiger partial charge on any atom is -0.496 e. The molecule has 150 valence electrons. The first-order chi connectivity index (χ1) is 12.3. The molecule has 0 radical (unpaired) electrons. The van der Waals surface area contributed by atoms with Gasteiger partial charge in [0, 0.05) is 10.6 Å². The molecule has 1 aliphatic heterocycles. The van der Waals surface area contributed by atoms with Crippen LogP contribution in [0.5, 0.6) is 5.75 Å². The number of rotatable bonds is 4. The van der Waals surface area contributed by atoms with Gasteiger partial charge in [0.15, 0.2) is 6.29 Å². The minimum atomic E-state index is -0.479. The molecule has 1 atom stereocenters. The zero-order valence-electron chi connectivity index (χ0n) is 17.6. The molecule has 0 aromatic heterocycles. The second-order valence-electron chi connectivity index (χ2n) is 9.31. The average molecular weight is 486 g/mol. The van der Waals surface area contributed by atoms with Crippen molar-refractivity contribution in [1.29, 1.82) is 0 Å². The van der Waals surface area contributed by atoms with Crippen molar-refractivity contribution in [2.75, 3.05) is 14.2 Å². The maximum atomic E-state index is 13.2. The molecule has 6 heteroatoms. The van der Waals surface area contributed by atoms with Gasteiger partial charge in [0.1, 0.15) is 11.4 Å². The van der Waals surface area contributed by atoms with E-state index in [1.807, 2.05) is 24.1 Å². The molecule has 27 heavy (non-hydrogen) atoms. The second kappa shape index (κ2) is 7.35. The Morgan fingerprint density at radius 2 is 1.78 bits per heavy atom. The third-order valence-electron chi connectivity index (χ3n) is 5.64. The van der Waals surface area contributed by atoms with E-state index in [1.165, 1.54) is 0 Å². The van der Waals surface area contributed by atoms with Gasteiger partial charge in [-0.05, 0) is 57.5 Å². The number of aldehydes is 1. The molecule has 1 aromatic carbocycles. The van der Waals surface area contributed by atoms with E-state index in [0.717, 1.165) is 15.4 Å². The molecule has 1 heterocycles. The van der Waals surface area contributed by atoms with E-state index in [2.05, 4.69) is 69.5 Å². The summed E-state index contributed by atoms with van der Waals surface area (Å²) in [7, 11) is 3.44. The van der Waals surface area contributed by atoms with Crippen LogP contribution >= 0.6 is 22.6 Å². The van der Waals surface area contributed by atoms with Gasteiger partial charge in [0.05, 0.1) is 18.7 Å². The summed E-state index contributed by atoms with van der Waals surface area (Å²) in [6.07, 6.45) is 1.32. The Hall–Kier alpha value is -1.15. The summed E-state index contributed by atoms with van der Waals surface area (Å²) >= 11 is 2.23. The molecular formula is C21H31IN2O3. The average Bonchev–Trinajstić information content (AvgIpc) is 2.81. The molecule has 1 aromatic rings. The lowest BCUT2D eigenvalue weighted by Crippen LogP contribution is -2.67. The monoisotopic (exact) mass is 486 g/mol. The van der Waals surface area contributed by atoms with Crippen LogP contribution in [0.25, 0.3) is 0 Å². The fourth-order valence-corrected chi connectivity index (χ4v) is 5.44. The van der Waals surface area contributed by atoms with Gasteiger partial charge in [0.25, 0.3) is 0 Å². The summed E-state index contributed by atoms with van der Waals surface area (Å²) in [5, 5.41) is 3.68. The van der Waals surface area contributed by atoms with E-state index in [1.54, 1.807) is 7.11 Å². The van der Waals surface area contributed by atoms with Gasteiger partial charge in [-0.1, -0.05) is 41.5 Å². The maximum absolute atomic E-state index is 13.2. The summed E-state index contributed by atoms with van der Waals surface area (Å²) in [6.45, 7) is 13.0. The topological polar surface area (TPSA) is 58.6 Å². The predicted octanol–water partition coefficient (Wildman–Crippen LogP) is 3.87. The molecule has 1 amide bonds. The number of amides is 1. The number of likely N-dealkylation sites (N-methyl/N-ethyl adjacent to an activating group) is 1. The first kappa shape index (κ1) is 22.1. The van der Waals surface area contributed by atoms with Crippen LogP contribution < -0.4 is 10.1 Å². The fourth-order valence-electron chi connectivity index (χ4n) is 4.78. The molecule has 5 nitrogen and oxygen atoms in total. The van der Waals surface area contributed by atoms with E-state index in [-0.39, 0.29) is 22.8 Å². The summed E-state index contributed by atoms with van der Waals surface area (Å²) < 4.78 is 6.26. The number of hydrogen-bond donors (Lipinski definition) is 1. The standard InChI is InChI=1S/C21H31IN2O3/c1-19(2,3)21(20(4,5)6)23-16(18(26)24(21)7)10-13-9-14(12-25)17(27-8)11-15(13)22/h9,11-12,16,23H,10H2,1-8H3/t16-/m0/s1. The second-order valence-corrected chi connectivity index (χ2v) is 10.5. The van der Waals surface area contributed by atoms with Crippen molar-refractivity contribution >= 4 is 34.8 Å². The summed E-state index contributed by atoms with van der Waals surface area (Å²) in [5.41, 5.74) is 0.672. The van der Waals surface area contributed by atoms with Crippen molar-refractivity contribution in [1.82, 2.24) is 10.2 Å². The lowest BCUT2D eigenvalue weighted by atomic mass is 9.65. The minimum absolute atomic E-state index is 0.0825. The van der Waals surface area contributed by atoms with E-state index >= 15 is 0 Å². The van der Waals surface area contributed by atoms with E-state index in [9.17, 15) is 9.59 Å². The highest BCUT2D eigenvalue weighted by atomic mass is 127. The number of hydrogen-bond acceptors (Lipinski definition) is 4. The molecule has 2 rings (SSSR count). The first-order valence-electron chi connectivity index (χ1n) is 9.17. The van der Waals surface area contributed by atoms with Crippen molar-refractivity contribution in [2.45, 2.75) is 59.7 Å². The SMILES string of the molecule is COc1cc(I)c(C[C@@H]2NC(C(C)(C)C)(C(C)(C)C)N(C)C2=O)cc1C=O. The molecule has 0 bridgehead atoms. The number of halogens is 1. The van der Waals surface area contributed by atoms with Gasteiger partial charge >= 0.3 is 0 Å². The third kappa shape index (κ3) is 3.62. The quantitative estimate of drug-likeness (QED) is 0.519. The molecule has 1 saturated heterocycles. The van der Waals surface area contributed by atoms with Gasteiger partial charge < -0.3 is 9.64 Å². The largest absolute Gasteiger partial charge is 0.496 e. The molecule has 0 unspecified atom stereocenters. The number of nitrogens with one attached hydrogen (secondary N) is 1. The highest BCUT2D eigenvalue weighted by molar-refractivity contribution is 14.1. The zero-order chi connectivity index (χ0) is 20.8. The Labute approximate surface area is 176 Å². The Kier molecular flexibility index (Phi) is 6.03. The van der Waals surface area contributed by atoms with E-state index in [4.69, 9.17) is 4.74 Å². The van der Waals surface area contributed by atoms with Crippen molar-refractivity contribution in [3.8, 4) is 5.75 Å². The number of benzene rings is 1. The summed E-state index contributed by atoms with van der Waals surface area (Å²) in [4.78, 5) is 26.5. The summed E-state index contributed by atoms with van der Waals surface area (Å²) in [5.74, 6) is 0.638. The Bertz CT molecular complexity index is 733. The number of carbonyl (C=O) groups excluding carboxylic acids is 2. The van der Waals surface area contributed by atoms with Crippen LogP contribution in [0, 0.1) is 14.4 Å². The van der Waals surface area contributed by atoms with Gasteiger partial charge in [-0.15, -0.1) is 0 Å². The van der Waals surface area contributed by atoms with Crippen molar-refractivity contribution in [2.24, 2.45) is 10.8 Å². The van der Waals surface area contributed by atoms with Crippen LogP contribution in [-0.4, -0.2) is 43.0 Å². The third-order valence-corrected chi connectivity index (χ3v) is 6.64. The van der Waals surface area contributed by atoms with Crippen molar-refractivity contribution in [3.05, 3.63) is 26.8 Å². The lowest BCUT2D eigenvalue weighted by Gasteiger charge is -2.55. The van der Waals surface area contributed by atoms with Crippen LogP contribution in [-0.2, 0) is 11.2 Å². The normalized spacial score (nSPS) is 20.1. The smallest absolute Gasteiger partial charge is 0.241 e. The Morgan fingerprint density at radius 3 is 2.19 bits per heavy atom. The molecule has 1 aliphatic rings. The van der Waals surface area contributed by atoms with Crippen molar-refractivity contribution < 1.29 is 14.3 Å². The molecular weight excluding hydrogens is 455 g/mol. The highest BCUT2D eigenvalue weighted by Crippen LogP contribution is 2.49. The van der Waals surface area contributed by atoms with E-state index < -0.39 is 5.66 Å². The van der Waals surface area contributed by atoms with Crippen LogP contribution in [0.4, 0.5) is 0 Å². The lowest BCUT2D eigenvalue weighted by molar-refractivity contribution is -0.140. The van der Waals surface area contributed by atoms with Crippen molar-refractivity contribution in [3.63, 3.8) is 0 Å². The van der Waals surface area contributed by atoms with Gasteiger partial charge in [-0.3, -0.25) is 14.9 Å².